The lowest BCUT2D eigenvalue weighted by molar-refractivity contribution is -0.140. The van der Waals surface area contributed by atoms with Crippen molar-refractivity contribution < 1.29 is 23.8 Å². The molecule has 0 aromatic heterocycles. The van der Waals surface area contributed by atoms with Gasteiger partial charge in [-0.15, -0.1) is 0 Å². The fourth-order valence-corrected chi connectivity index (χ4v) is 1.89. The van der Waals surface area contributed by atoms with Gasteiger partial charge in [0.05, 0.1) is 19.8 Å². The molecule has 0 saturated carbocycles. The summed E-state index contributed by atoms with van der Waals surface area (Å²) in [7, 11) is 3.02. The number of carbonyl (C=O) groups is 2. The van der Waals surface area contributed by atoms with Crippen LogP contribution in [0.15, 0.2) is 18.2 Å². The van der Waals surface area contributed by atoms with Crippen molar-refractivity contribution in [3.63, 3.8) is 0 Å². The first kappa shape index (κ1) is 12.4. The van der Waals surface area contributed by atoms with Crippen molar-refractivity contribution in [2.24, 2.45) is 0 Å². The fourth-order valence-electron chi connectivity index (χ4n) is 1.89. The number of ketones is 1. The molecule has 1 heterocycles. The Morgan fingerprint density at radius 1 is 1.33 bits per heavy atom. The third-order valence-corrected chi connectivity index (χ3v) is 2.85. The molecule has 1 aliphatic rings. The van der Waals surface area contributed by atoms with Gasteiger partial charge in [0.2, 0.25) is 5.78 Å². The number of hydrogen-bond acceptors (Lipinski definition) is 5. The lowest BCUT2D eigenvalue weighted by Gasteiger charge is -2.12. The minimum atomic E-state index is -0.695. The van der Waals surface area contributed by atoms with Crippen molar-refractivity contribution in [3.8, 4) is 11.5 Å². The largest absolute Gasteiger partial charge is 0.497 e. The SMILES string of the molecule is COc1ccc(C(=O)C2CCC(=O)O2)c(OC)c1. The summed E-state index contributed by atoms with van der Waals surface area (Å²) in [4.78, 5) is 23.2. The number of cyclic esters (lactones) is 1. The standard InChI is InChI=1S/C13H14O5/c1-16-8-3-4-9(11(7-8)17-2)13(15)10-5-6-12(14)18-10/h3-4,7,10H,5-6H2,1-2H3. The first-order valence-electron chi connectivity index (χ1n) is 5.61. The smallest absolute Gasteiger partial charge is 0.306 e. The topological polar surface area (TPSA) is 61.8 Å². The zero-order valence-electron chi connectivity index (χ0n) is 10.3. The van der Waals surface area contributed by atoms with Crippen LogP contribution < -0.4 is 9.47 Å². The van der Waals surface area contributed by atoms with E-state index in [1.165, 1.54) is 14.2 Å². The molecule has 1 aromatic carbocycles. The van der Waals surface area contributed by atoms with Crippen LogP contribution in [0.2, 0.25) is 0 Å². The monoisotopic (exact) mass is 250 g/mol. The molecule has 0 spiro atoms. The van der Waals surface area contributed by atoms with Gasteiger partial charge in [-0.3, -0.25) is 9.59 Å². The summed E-state index contributed by atoms with van der Waals surface area (Å²) in [5.74, 6) is 0.454. The van der Waals surface area contributed by atoms with Gasteiger partial charge < -0.3 is 14.2 Å². The number of benzene rings is 1. The number of hydrogen-bond donors (Lipinski definition) is 0. The van der Waals surface area contributed by atoms with E-state index in [0.29, 0.717) is 23.5 Å². The molecule has 0 radical (unpaired) electrons. The Balaban J connectivity index is 2.27. The van der Waals surface area contributed by atoms with Gasteiger partial charge in [0.25, 0.3) is 0 Å². The molecule has 1 atom stereocenters. The van der Waals surface area contributed by atoms with Crippen LogP contribution in [0.5, 0.6) is 11.5 Å². The van der Waals surface area contributed by atoms with Gasteiger partial charge in [-0.25, -0.2) is 0 Å². The van der Waals surface area contributed by atoms with Crippen LogP contribution in [0.3, 0.4) is 0 Å². The van der Waals surface area contributed by atoms with Crippen molar-refractivity contribution >= 4 is 11.8 Å². The van der Waals surface area contributed by atoms with Crippen LogP contribution in [0.1, 0.15) is 23.2 Å². The molecule has 0 N–H and O–H groups in total. The van der Waals surface area contributed by atoms with Crippen molar-refractivity contribution in [1.82, 2.24) is 0 Å². The quantitative estimate of drug-likeness (QED) is 0.600. The number of ether oxygens (including phenoxy) is 3. The normalized spacial score (nSPS) is 18.3. The van der Waals surface area contributed by atoms with E-state index in [0.717, 1.165) is 0 Å². The van der Waals surface area contributed by atoms with Gasteiger partial charge in [-0.1, -0.05) is 0 Å². The van der Waals surface area contributed by atoms with E-state index in [9.17, 15) is 9.59 Å². The average Bonchev–Trinajstić information content (AvgIpc) is 2.83. The molecule has 0 bridgehead atoms. The summed E-state index contributed by atoms with van der Waals surface area (Å²) in [5, 5.41) is 0. The maximum absolute atomic E-state index is 12.2. The molecule has 5 nitrogen and oxygen atoms in total. The Kier molecular flexibility index (Phi) is 3.50. The number of methoxy groups -OCH3 is 2. The van der Waals surface area contributed by atoms with E-state index in [2.05, 4.69) is 0 Å². The molecule has 1 unspecified atom stereocenters. The minimum absolute atomic E-state index is 0.236. The average molecular weight is 250 g/mol. The van der Waals surface area contributed by atoms with Crippen molar-refractivity contribution in [1.29, 1.82) is 0 Å². The number of carbonyl (C=O) groups excluding carboxylic acids is 2. The maximum Gasteiger partial charge on any atom is 0.306 e. The molecule has 1 saturated heterocycles. The highest BCUT2D eigenvalue weighted by atomic mass is 16.6. The van der Waals surface area contributed by atoms with E-state index in [-0.39, 0.29) is 18.2 Å². The summed E-state index contributed by atoms with van der Waals surface area (Å²) in [5.41, 5.74) is 0.401. The van der Waals surface area contributed by atoms with Crippen LogP contribution in [0, 0.1) is 0 Å². The maximum atomic E-state index is 12.2. The summed E-state index contributed by atoms with van der Waals surface area (Å²) >= 11 is 0. The summed E-state index contributed by atoms with van der Waals surface area (Å²) < 4.78 is 15.2. The zero-order valence-corrected chi connectivity index (χ0v) is 10.3. The van der Waals surface area contributed by atoms with Gasteiger partial charge in [-0.2, -0.15) is 0 Å². The van der Waals surface area contributed by atoms with Crippen molar-refractivity contribution in [3.05, 3.63) is 23.8 Å². The van der Waals surface area contributed by atoms with Crippen molar-refractivity contribution in [2.45, 2.75) is 18.9 Å². The molecule has 1 aromatic rings. The van der Waals surface area contributed by atoms with Gasteiger partial charge in [-0.05, 0) is 12.1 Å². The summed E-state index contributed by atoms with van der Waals surface area (Å²) in [6.07, 6.45) is 0.0154. The number of esters is 1. The molecular weight excluding hydrogens is 236 g/mol. The molecule has 18 heavy (non-hydrogen) atoms. The molecule has 0 amide bonds. The third kappa shape index (κ3) is 2.30. The lowest BCUT2D eigenvalue weighted by Crippen LogP contribution is -2.20. The van der Waals surface area contributed by atoms with Crippen LogP contribution in [0.4, 0.5) is 0 Å². The summed E-state index contributed by atoms with van der Waals surface area (Å²) in [6, 6.07) is 4.92. The van der Waals surface area contributed by atoms with Gasteiger partial charge in [0, 0.05) is 18.9 Å². The predicted octanol–water partition coefficient (Wildman–Crippen LogP) is 1.59. The second-order valence-corrected chi connectivity index (χ2v) is 3.95. The second kappa shape index (κ2) is 5.08. The number of Topliss-reactive ketones (excluding diaryl/α,β-unsaturated/α-hetero) is 1. The number of rotatable bonds is 4. The van der Waals surface area contributed by atoms with Crippen LogP contribution in [0.25, 0.3) is 0 Å². The van der Waals surface area contributed by atoms with E-state index >= 15 is 0 Å². The van der Waals surface area contributed by atoms with Crippen LogP contribution in [-0.4, -0.2) is 32.1 Å². The van der Waals surface area contributed by atoms with Crippen LogP contribution >= 0.6 is 0 Å². The molecular formula is C13H14O5. The highest BCUT2D eigenvalue weighted by molar-refractivity contribution is 6.03. The van der Waals surface area contributed by atoms with Gasteiger partial charge >= 0.3 is 5.97 Å². The first-order valence-corrected chi connectivity index (χ1v) is 5.61. The minimum Gasteiger partial charge on any atom is -0.497 e. The molecule has 0 aliphatic carbocycles. The van der Waals surface area contributed by atoms with Gasteiger partial charge in [0.15, 0.2) is 6.10 Å². The van der Waals surface area contributed by atoms with Gasteiger partial charge in [0.1, 0.15) is 11.5 Å². The molecule has 96 valence electrons. The highest BCUT2D eigenvalue weighted by Gasteiger charge is 2.32. The fraction of sp³-hybridized carbons (Fsp3) is 0.385. The van der Waals surface area contributed by atoms with E-state index < -0.39 is 6.10 Å². The Morgan fingerprint density at radius 2 is 2.11 bits per heavy atom. The molecule has 1 fully saturated rings. The van der Waals surface area contributed by atoms with Crippen LogP contribution in [-0.2, 0) is 9.53 Å². The second-order valence-electron chi connectivity index (χ2n) is 3.95. The predicted molar refractivity (Wildman–Crippen MR) is 63.0 cm³/mol. The third-order valence-electron chi connectivity index (χ3n) is 2.85. The molecule has 1 aliphatic heterocycles. The van der Waals surface area contributed by atoms with E-state index in [4.69, 9.17) is 14.2 Å². The Morgan fingerprint density at radius 3 is 2.67 bits per heavy atom. The van der Waals surface area contributed by atoms with E-state index in [1.807, 2.05) is 0 Å². The Labute approximate surface area is 105 Å². The Bertz CT molecular complexity index is 480. The molecule has 5 heteroatoms. The lowest BCUT2D eigenvalue weighted by atomic mass is 10.0. The Hall–Kier alpha value is -2.04. The first-order chi connectivity index (χ1) is 8.65. The highest BCUT2D eigenvalue weighted by Crippen LogP contribution is 2.28. The van der Waals surface area contributed by atoms with Crippen molar-refractivity contribution in [2.75, 3.05) is 14.2 Å². The van der Waals surface area contributed by atoms with E-state index in [1.54, 1.807) is 18.2 Å². The summed E-state index contributed by atoms with van der Waals surface area (Å²) in [6.45, 7) is 0. The molecule has 2 rings (SSSR count). The zero-order chi connectivity index (χ0) is 13.1.